The van der Waals surface area contributed by atoms with E-state index in [-0.39, 0.29) is 16.5 Å². The van der Waals surface area contributed by atoms with Gasteiger partial charge in [0.25, 0.3) is 5.91 Å². The van der Waals surface area contributed by atoms with Crippen LogP contribution in [0.25, 0.3) is 0 Å². The zero-order chi connectivity index (χ0) is 18.7. The van der Waals surface area contributed by atoms with Gasteiger partial charge in [-0.1, -0.05) is 11.6 Å². The number of ether oxygens (including phenoxy) is 1. The second kappa shape index (κ2) is 7.85. The van der Waals surface area contributed by atoms with Crippen LogP contribution >= 0.6 is 11.6 Å². The van der Waals surface area contributed by atoms with Crippen LogP contribution in [0.15, 0.2) is 30.3 Å². The first-order chi connectivity index (χ1) is 11.7. The summed E-state index contributed by atoms with van der Waals surface area (Å²) in [6, 6.07) is 4.54. The van der Waals surface area contributed by atoms with Gasteiger partial charge in [0.1, 0.15) is 17.3 Å². The Labute approximate surface area is 149 Å². The molecule has 5 nitrogen and oxygen atoms in total. The molecule has 0 aliphatic rings. The lowest BCUT2D eigenvalue weighted by Crippen LogP contribution is -2.34. The van der Waals surface area contributed by atoms with Gasteiger partial charge in [-0.3, -0.25) is 9.52 Å². The number of nitrogens with one attached hydrogen (secondary N) is 1. The van der Waals surface area contributed by atoms with E-state index in [9.17, 15) is 22.2 Å². The van der Waals surface area contributed by atoms with E-state index in [4.69, 9.17) is 16.3 Å². The number of carbonyl (C=O) groups excluding carboxylic acids is 1. The van der Waals surface area contributed by atoms with Crippen LogP contribution in [0.2, 0.25) is 5.02 Å². The third-order valence-electron chi connectivity index (χ3n) is 2.90. The average Bonchev–Trinajstić information content (AvgIpc) is 2.53. The Morgan fingerprint density at radius 2 is 1.80 bits per heavy atom. The van der Waals surface area contributed by atoms with Gasteiger partial charge in [-0.15, -0.1) is 0 Å². The average molecular weight is 393 g/mol. The zero-order valence-electron chi connectivity index (χ0n) is 13.0. The van der Waals surface area contributed by atoms with Crippen LogP contribution in [0.5, 0.6) is 11.5 Å². The van der Waals surface area contributed by atoms with Crippen molar-refractivity contribution in [1.82, 2.24) is 9.03 Å². The summed E-state index contributed by atoms with van der Waals surface area (Å²) in [4.78, 5) is 11.9. The maximum Gasteiger partial charge on any atom is 0.266 e. The Bertz CT molecular complexity index is 849. The summed E-state index contributed by atoms with van der Waals surface area (Å²) in [6.07, 6.45) is 0. The van der Waals surface area contributed by atoms with Crippen molar-refractivity contribution < 1.29 is 26.9 Å². The molecule has 2 rings (SSSR count). The monoisotopic (exact) mass is 392 g/mol. The summed E-state index contributed by atoms with van der Waals surface area (Å²) in [6.45, 7) is 0. The zero-order valence-corrected chi connectivity index (χ0v) is 14.6. The summed E-state index contributed by atoms with van der Waals surface area (Å²) in [7, 11) is 2.91. The van der Waals surface area contributed by atoms with Crippen LogP contribution in [-0.4, -0.2) is 28.5 Å². The molecule has 0 bridgehead atoms. The fraction of sp³-hybridized carbons (Fsp3) is 0.133. The van der Waals surface area contributed by atoms with Gasteiger partial charge in [0.2, 0.25) is 0 Å². The van der Waals surface area contributed by atoms with Gasteiger partial charge in [-0.05, 0) is 18.2 Å². The smallest absolute Gasteiger partial charge is 0.266 e. The predicted octanol–water partition coefficient (Wildman–Crippen LogP) is 3.42. The Morgan fingerprint density at radius 3 is 2.40 bits per heavy atom. The Balaban J connectivity index is 2.26. The number of nitrogens with zero attached hydrogens (tertiary/aromatic N) is 1. The molecule has 0 aliphatic carbocycles. The molecule has 1 amide bonds. The van der Waals surface area contributed by atoms with Crippen molar-refractivity contribution in [2.45, 2.75) is 0 Å². The van der Waals surface area contributed by atoms with E-state index in [1.807, 2.05) is 0 Å². The summed E-state index contributed by atoms with van der Waals surface area (Å²) >= 11 is 4.10. The van der Waals surface area contributed by atoms with Gasteiger partial charge in [0.15, 0.2) is 22.8 Å². The number of amides is 1. The van der Waals surface area contributed by atoms with Crippen molar-refractivity contribution in [1.29, 1.82) is 0 Å². The van der Waals surface area contributed by atoms with Crippen molar-refractivity contribution in [3.8, 4) is 11.5 Å². The summed E-state index contributed by atoms with van der Waals surface area (Å²) < 4.78 is 60.2. The second-order valence-electron chi connectivity index (χ2n) is 4.93. The fourth-order valence-electron chi connectivity index (χ4n) is 1.67. The van der Waals surface area contributed by atoms with Crippen molar-refractivity contribution in [3.63, 3.8) is 0 Å². The van der Waals surface area contributed by atoms with Gasteiger partial charge in [-0.2, -0.15) is 0 Å². The normalized spacial score (nSPS) is 12.1. The Hall–Kier alpha value is -2.10. The van der Waals surface area contributed by atoms with Crippen LogP contribution in [0.3, 0.4) is 0 Å². The van der Waals surface area contributed by atoms with E-state index in [2.05, 4.69) is 4.72 Å². The van der Waals surface area contributed by atoms with Crippen LogP contribution in [-0.2, 0) is 11.2 Å². The van der Waals surface area contributed by atoms with E-state index in [1.165, 1.54) is 18.4 Å². The van der Waals surface area contributed by atoms with E-state index >= 15 is 0 Å². The SMILES string of the molecule is CN(C)S(=O)NC(=O)c1cc(Cl)c(Oc2ccc(F)c(F)c2)cc1F. The topological polar surface area (TPSA) is 58.6 Å². The highest BCUT2D eigenvalue weighted by molar-refractivity contribution is 7.81. The minimum absolute atomic E-state index is 0.105. The first-order valence-corrected chi connectivity index (χ1v) is 8.19. The quantitative estimate of drug-likeness (QED) is 0.848. The molecule has 1 unspecified atom stereocenters. The number of benzene rings is 2. The lowest BCUT2D eigenvalue weighted by Gasteiger charge is -2.12. The third-order valence-corrected chi connectivity index (χ3v) is 4.22. The van der Waals surface area contributed by atoms with Gasteiger partial charge in [0, 0.05) is 26.2 Å². The molecular weight excluding hydrogens is 381 g/mol. The first-order valence-electron chi connectivity index (χ1n) is 6.71. The molecule has 0 radical (unpaired) electrons. The highest BCUT2D eigenvalue weighted by atomic mass is 35.5. The van der Waals surface area contributed by atoms with Crippen molar-refractivity contribution in [2.75, 3.05) is 14.1 Å². The van der Waals surface area contributed by atoms with Gasteiger partial charge >= 0.3 is 0 Å². The molecule has 2 aromatic rings. The highest BCUT2D eigenvalue weighted by Gasteiger charge is 2.19. The number of hydrogen-bond donors (Lipinski definition) is 1. The minimum Gasteiger partial charge on any atom is -0.456 e. The predicted molar refractivity (Wildman–Crippen MR) is 87.1 cm³/mol. The van der Waals surface area contributed by atoms with Crippen LogP contribution in [0, 0.1) is 17.5 Å². The Kier molecular flexibility index (Phi) is 6.04. The number of carbonyl (C=O) groups is 1. The fourth-order valence-corrected chi connectivity index (χ4v) is 2.33. The van der Waals surface area contributed by atoms with E-state index < -0.39 is 40.1 Å². The molecule has 134 valence electrons. The number of halogens is 4. The molecule has 25 heavy (non-hydrogen) atoms. The summed E-state index contributed by atoms with van der Waals surface area (Å²) in [5.74, 6) is -4.44. The van der Waals surface area contributed by atoms with Gasteiger partial charge in [0.05, 0.1) is 10.6 Å². The lowest BCUT2D eigenvalue weighted by molar-refractivity contribution is 0.0977. The van der Waals surface area contributed by atoms with Gasteiger partial charge < -0.3 is 4.74 Å². The molecule has 0 aliphatic heterocycles. The second-order valence-corrected chi connectivity index (χ2v) is 6.77. The molecule has 0 fully saturated rings. The minimum atomic E-state index is -1.84. The summed E-state index contributed by atoms with van der Waals surface area (Å²) in [5.41, 5.74) is -0.446. The molecule has 1 atom stereocenters. The van der Waals surface area contributed by atoms with Crippen LogP contribution < -0.4 is 9.46 Å². The molecule has 10 heteroatoms. The Morgan fingerprint density at radius 1 is 1.12 bits per heavy atom. The molecule has 0 saturated carbocycles. The van der Waals surface area contributed by atoms with E-state index in [0.717, 1.165) is 30.3 Å². The molecule has 0 spiro atoms. The maximum absolute atomic E-state index is 14.1. The maximum atomic E-state index is 14.1. The molecule has 0 heterocycles. The van der Waals surface area contributed by atoms with E-state index in [1.54, 1.807) is 0 Å². The standard InChI is InChI=1S/C15H12ClF3N2O3S/c1-21(2)25(23)20-15(22)9-6-10(16)14(7-12(9)18)24-8-3-4-11(17)13(19)5-8/h3-7H,1-2H3,(H,20,22). The largest absolute Gasteiger partial charge is 0.456 e. The highest BCUT2D eigenvalue weighted by Crippen LogP contribution is 2.32. The molecular formula is C15H12ClF3N2O3S. The molecule has 1 N–H and O–H groups in total. The third kappa shape index (κ3) is 4.71. The van der Waals surface area contributed by atoms with Crippen LogP contribution in [0.4, 0.5) is 13.2 Å². The summed E-state index contributed by atoms with van der Waals surface area (Å²) in [5, 5.41) is -0.146. The first kappa shape index (κ1) is 19.2. The number of hydrogen-bond acceptors (Lipinski definition) is 3. The van der Waals surface area contributed by atoms with E-state index in [0.29, 0.717) is 0 Å². The van der Waals surface area contributed by atoms with Crippen molar-refractivity contribution >= 4 is 28.7 Å². The molecule has 2 aromatic carbocycles. The molecule has 0 aromatic heterocycles. The number of rotatable bonds is 5. The lowest BCUT2D eigenvalue weighted by atomic mass is 10.2. The van der Waals surface area contributed by atoms with Crippen molar-refractivity contribution in [2.24, 2.45) is 0 Å². The van der Waals surface area contributed by atoms with Crippen molar-refractivity contribution in [3.05, 3.63) is 58.4 Å². The van der Waals surface area contributed by atoms with Gasteiger partial charge in [-0.25, -0.2) is 21.7 Å². The van der Waals surface area contributed by atoms with Crippen LogP contribution in [0.1, 0.15) is 10.4 Å². The molecule has 0 saturated heterocycles.